The van der Waals surface area contributed by atoms with Crippen molar-refractivity contribution >= 4 is 0 Å². The summed E-state index contributed by atoms with van der Waals surface area (Å²) in [6, 6.07) is 0. The molecule has 1 aliphatic heterocycles. The monoisotopic (exact) mass is 269 g/mol. The van der Waals surface area contributed by atoms with E-state index in [1.54, 1.807) is 0 Å². The number of likely N-dealkylation sites (tertiary alicyclic amines) is 1. The largest absolute Gasteiger partial charge is 0.396 e. The molecule has 2 fully saturated rings. The van der Waals surface area contributed by atoms with Crippen molar-refractivity contribution in [3.63, 3.8) is 0 Å². The van der Waals surface area contributed by atoms with Crippen LogP contribution in [0.5, 0.6) is 0 Å². The van der Waals surface area contributed by atoms with Gasteiger partial charge in [-0.05, 0) is 37.6 Å². The van der Waals surface area contributed by atoms with Gasteiger partial charge >= 0.3 is 0 Å². The van der Waals surface area contributed by atoms with Gasteiger partial charge in [0.25, 0.3) is 0 Å². The van der Waals surface area contributed by atoms with Crippen LogP contribution in [0.2, 0.25) is 0 Å². The number of nitrogens with zero attached hydrogens (tertiary/aromatic N) is 1. The second kappa shape index (κ2) is 6.55. The first kappa shape index (κ1) is 15.3. The van der Waals surface area contributed by atoms with E-state index >= 15 is 0 Å². The van der Waals surface area contributed by atoms with Crippen molar-refractivity contribution in [1.29, 1.82) is 0 Å². The van der Waals surface area contributed by atoms with Gasteiger partial charge in [0.15, 0.2) is 0 Å². The Morgan fingerprint density at radius 3 is 2.47 bits per heavy atom. The molecular formula is C16H31NO2. The van der Waals surface area contributed by atoms with Gasteiger partial charge in [0.2, 0.25) is 0 Å². The summed E-state index contributed by atoms with van der Waals surface area (Å²) in [6.07, 6.45) is 6.52. The molecule has 2 unspecified atom stereocenters. The van der Waals surface area contributed by atoms with Crippen molar-refractivity contribution in [3.8, 4) is 0 Å². The maximum Gasteiger partial charge on any atom is 0.0724 e. The first-order valence-electron chi connectivity index (χ1n) is 7.94. The zero-order valence-electron chi connectivity index (χ0n) is 12.9. The Morgan fingerprint density at radius 2 is 1.89 bits per heavy atom. The van der Waals surface area contributed by atoms with Crippen LogP contribution in [-0.2, 0) is 4.74 Å². The van der Waals surface area contributed by atoms with Crippen molar-refractivity contribution in [1.82, 2.24) is 4.90 Å². The number of methoxy groups -OCH3 is 1. The lowest BCUT2D eigenvalue weighted by atomic mass is 9.71. The minimum absolute atomic E-state index is 0.158. The van der Waals surface area contributed by atoms with Gasteiger partial charge in [-0.1, -0.05) is 26.7 Å². The van der Waals surface area contributed by atoms with Gasteiger partial charge in [-0.25, -0.2) is 0 Å². The van der Waals surface area contributed by atoms with Gasteiger partial charge in [-0.3, -0.25) is 0 Å². The van der Waals surface area contributed by atoms with Crippen LogP contribution in [0.4, 0.5) is 0 Å². The van der Waals surface area contributed by atoms with Crippen LogP contribution in [0.15, 0.2) is 0 Å². The topological polar surface area (TPSA) is 32.7 Å². The molecule has 0 bridgehead atoms. The van der Waals surface area contributed by atoms with Gasteiger partial charge in [-0.2, -0.15) is 0 Å². The van der Waals surface area contributed by atoms with Crippen molar-refractivity contribution in [3.05, 3.63) is 0 Å². The van der Waals surface area contributed by atoms with Gasteiger partial charge in [0.1, 0.15) is 0 Å². The highest BCUT2D eigenvalue weighted by Gasteiger charge is 2.37. The molecule has 1 saturated heterocycles. The van der Waals surface area contributed by atoms with Gasteiger partial charge < -0.3 is 14.7 Å². The summed E-state index contributed by atoms with van der Waals surface area (Å²) < 4.78 is 5.60. The summed E-state index contributed by atoms with van der Waals surface area (Å²) in [5.74, 6) is 1.51. The molecule has 19 heavy (non-hydrogen) atoms. The normalized spacial score (nSPS) is 41.4. The Labute approximate surface area is 118 Å². The number of rotatable bonds is 4. The molecule has 2 rings (SSSR count). The lowest BCUT2D eigenvalue weighted by molar-refractivity contribution is -0.0359. The third-order valence-electron chi connectivity index (χ3n) is 5.51. The van der Waals surface area contributed by atoms with E-state index in [9.17, 15) is 5.11 Å². The van der Waals surface area contributed by atoms with Crippen LogP contribution < -0.4 is 0 Å². The molecule has 112 valence electrons. The minimum Gasteiger partial charge on any atom is -0.396 e. The predicted molar refractivity (Wildman–Crippen MR) is 78.2 cm³/mol. The summed E-state index contributed by atoms with van der Waals surface area (Å²) in [6.45, 7) is 8.24. The first-order chi connectivity index (χ1) is 9.08. The maximum absolute atomic E-state index is 9.88. The van der Waals surface area contributed by atoms with E-state index in [-0.39, 0.29) is 5.41 Å². The van der Waals surface area contributed by atoms with Crippen LogP contribution in [0, 0.1) is 17.3 Å². The average Bonchev–Trinajstić information content (AvgIpc) is 2.44. The van der Waals surface area contributed by atoms with Crippen molar-refractivity contribution < 1.29 is 9.84 Å². The van der Waals surface area contributed by atoms with Crippen LogP contribution in [-0.4, -0.2) is 49.5 Å². The first-order valence-corrected chi connectivity index (χ1v) is 7.94. The average molecular weight is 269 g/mol. The molecule has 1 heterocycles. The van der Waals surface area contributed by atoms with Crippen molar-refractivity contribution in [2.24, 2.45) is 17.3 Å². The summed E-state index contributed by atoms with van der Waals surface area (Å²) in [7, 11) is 1.83. The fourth-order valence-electron chi connectivity index (χ4n) is 3.76. The molecule has 1 aliphatic carbocycles. The molecule has 2 aliphatic rings. The Balaban J connectivity index is 1.91. The van der Waals surface area contributed by atoms with Crippen LogP contribution in [0.1, 0.15) is 46.0 Å². The second-order valence-electron chi connectivity index (χ2n) is 7.12. The standard InChI is InChI=1S/C16H31NO2/c1-13-4-7-16(12-18,8-5-13)11-17-9-6-14(2)15(10-17)19-3/h13-15,18H,4-12H2,1-3H3. The summed E-state index contributed by atoms with van der Waals surface area (Å²) in [4.78, 5) is 2.53. The fraction of sp³-hybridized carbons (Fsp3) is 1.00. The van der Waals surface area contributed by atoms with Crippen molar-refractivity contribution in [2.75, 3.05) is 33.4 Å². The molecule has 1 saturated carbocycles. The molecule has 0 aromatic heterocycles. The molecular weight excluding hydrogens is 238 g/mol. The Morgan fingerprint density at radius 1 is 1.21 bits per heavy atom. The number of aliphatic hydroxyl groups excluding tert-OH is 1. The molecule has 0 spiro atoms. The second-order valence-corrected chi connectivity index (χ2v) is 7.12. The zero-order valence-corrected chi connectivity index (χ0v) is 12.9. The third kappa shape index (κ3) is 3.71. The summed E-state index contributed by atoms with van der Waals surface area (Å²) in [5, 5.41) is 9.88. The summed E-state index contributed by atoms with van der Waals surface area (Å²) >= 11 is 0. The van der Waals surface area contributed by atoms with E-state index in [2.05, 4.69) is 18.7 Å². The highest BCUT2D eigenvalue weighted by Crippen LogP contribution is 2.39. The van der Waals surface area contributed by atoms with Crippen LogP contribution in [0.3, 0.4) is 0 Å². The van der Waals surface area contributed by atoms with Gasteiger partial charge in [0, 0.05) is 32.2 Å². The lowest BCUT2D eigenvalue weighted by Gasteiger charge is -2.44. The van der Waals surface area contributed by atoms with Crippen LogP contribution >= 0.6 is 0 Å². The van der Waals surface area contributed by atoms with E-state index in [4.69, 9.17) is 4.74 Å². The molecule has 0 aromatic rings. The third-order valence-corrected chi connectivity index (χ3v) is 5.51. The Hall–Kier alpha value is -0.120. The minimum atomic E-state index is 0.158. The van der Waals surface area contributed by atoms with E-state index in [1.807, 2.05) is 7.11 Å². The highest BCUT2D eigenvalue weighted by molar-refractivity contribution is 4.89. The fourth-order valence-corrected chi connectivity index (χ4v) is 3.76. The van der Waals surface area contributed by atoms with E-state index < -0.39 is 0 Å². The molecule has 0 amide bonds. The van der Waals surface area contributed by atoms with E-state index in [1.165, 1.54) is 38.6 Å². The van der Waals surface area contributed by atoms with Gasteiger partial charge in [0.05, 0.1) is 6.10 Å². The molecule has 1 N–H and O–H groups in total. The number of aliphatic hydroxyl groups is 1. The van der Waals surface area contributed by atoms with E-state index in [0.717, 1.165) is 19.0 Å². The molecule has 3 nitrogen and oxygen atoms in total. The molecule has 0 aromatic carbocycles. The number of piperidine rings is 1. The lowest BCUT2D eigenvalue weighted by Crippen LogP contribution is -2.50. The molecule has 2 atom stereocenters. The van der Waals surface area contributed by atoms with Crippen LogP contribution in [0.25, 0.3) is 0 Å². The Kier molecular flexibility index (Phi) is 5.27. The highest BCUT2D eigenvalue weighted by atomic mass is 16.5. The predicted octanol–water partition coefficient (Wildman–Crippen LogP) is 2.53. The Bertz CT molecular complexity index is 274. The smallest absolute Gasteiger partial charge is 0.0724 e. The molecule has 3 heteroatoms. The maximum atomic E-state index is 9.88. The molecule has 0 radical (unpaired) electrons. The number of ether oxygens (including phenoxy) is 1. The quantitative estimate of drug-likeness (QED) is 0.851. The number of hydrogen-bond donors (Lipinski definition) is 1. The SMILES string of the molecule is COC1CN(CC2(CO)CCC(C)CC2)CCC1C. The summed E-state index contributed by atoms with van der Waals surface area (Å²) in [5.41, 5.74) is 0.158. The van der Waals surface area contributed by atoms with Crippen molar-refractivity contribution in [2.45, 2.75) is 52.1 Å². The zero-order chi connectivity index (χ0) is 13.9. The van der Waals surface area contributed by atoms with Gasteiger partial charge in [-0.15, -0.1) is 0 Å². The van der Waals surface area contributed by atoms with E-state index in [0.29, 0.717) is 18.6 Å². The number of hydrogen-bond acceptors (Lipinski definition) is 3.